The number of thiazole rings is 1. The van der Waals surface area contributed by atoms with Crippen LogP contribution in [0.5, 0.6) is 0 Å². The standard InChI is InChI=1S/C12H20N2OS/c1-4-10-11(7-15)16-12(13-10)14-5-8(2)9(3)6-14/h8-9,15H,4-7H2,1-3H3. The normalized spacial score (nSPS) is 25.4. The largest absolute Gasteiger partial charge is 0.391 e. The molecule has 0 saturated carbocycles. The molecule has 2 heterocycles. The second-order valence-electron chi connectivity index (χ2n) is 4.74. The van der Waals surface area contributed by atoms with Crippen LogP contribution < -0.4 is 4.90 Å². The molecule has 90 valence electrons. The van der Waals surface area contributed by atoms with Crippen LogP contribution in [-0.4, -0.2) is 23.2 Å². The zero-order valence-corrected chi connectivity index (χ0v) is 11.0. The van der Waals surface area contributed by atoms with E-state index in [0.29, 0.717) is 0 Å². The van der Waals surface area contributed by atoms with Crippen LogP contribution in [-0.2, 0) is 13.0 Å². The number of nitrogens with zero attached hydrogens (tertiary/aromatic N) is 2. The first-order valence-electron chi connectivity index (χ1n) is 6.00. The number of aliphatic hydroxyl groups is 1. The molecule has 0 bridgehead atoms. The van der Waals surface area contributed by atoms with Gasteiger partial charge in [0, 0.05) is 13.1 Å². The van der Waals surface area contributed by atoms with Gasteiger partial charge in [-0.2, -0.15) is 0 Å². The van der Waals surface area contributed by atoms with Crippen LogP contribution in [0.4, 0.5) is 5.13 Å². The molecule has 0 amide bonds. The number of aryl methyl sites for hydroxylation is 1. The summed E-state index contributed by atoms with van der Waals surface area (Å²) in [5.74, 6) is 1.48. The molecule has 0 aromatic carbocycles. The average Bonchev–Trinajstić information content (AvgIpc) is 2.83. The number of aliphatic hydroxyl groups excluding tert-OH is 1. The molecular weight excluding hydrogens is 220 g/mol. The van der Waals surface area contributed by atoms with Crippen LogP contribution in [0.15, 0.2) is 0 Å². The zero-order valence-electron chi connectivity index (χ0n) is 10.2. The fraction of sp³-hybridized carbons (Fsp3) is 0.750. The topological polar surface area (TPSA) is 36.4 Å². The van der Waals surface area contributed by atoms with Crippen molar-refractivity contribution in [2.75, 3.05) is 18.0 Å². The van der Waals surface area contributed by atoms with Gasteiger partial charge in [0.15, 0.2) is 5.13 Å². The second kappa shape index (κ2) is 4.72. The molecule has 1 aromatic rings. The molecule has 0 spiro atoms. The first-order chi connectivity index (χ1) is 7.65. The summed E-state index contributed by atoms with van der Waals surface area (Å²) in [5, 5.41) is 10.4. The highest BCUT2D eigenvalue weighted by Gasteiger charge is 2.28. The molecule has 2 atom stereocenters. The van der Waals surface area contributed by atoms with Crippen LogP contribution in [0.2, 0.25) is 0 Å². The van der Waals surface area contributed by atoms with Gasteiger partial charge in [-0.3, -0.25) is 0 Å². The molecule has 1 N–H and O–H groups in total. The van der Waals surface area contributed by atoms with E-state index in [-0.39, 0.29) is 6.61 Å². The Hall–Kier alpha value is -0.610. The van der Waals surface area contributed by atoms with Crippen LogP contribution in [0.1, 0.15) is 31.3 Å². The van der Waals surface area contributed by atoms with Crippen molar-refractivity contribution in [3.63, 3.8) is 0 Å². The summed E-state index contributed by atoms with van der Waals surface area (Å²) in [6, 6.07) is 0. The number of aromatic nitrogens is 1. The second-order valence-corrected chi connectivity index (χ2v) is 5.80. The lowest BCUT2D eigenvalue weighted by molar-refractivity contribution is 0.284. The summed E-state index contributed by atoms with van der Waals surface area (Å²) >= 11 is 1.65. The number of rotatable bonds is 3. The fourth-order valence-corrected chi connectivity index (χ4v) is 3.22. The Balaban J connectivity index is 2.18. The Morgan fingerprint density at radius 3 is 2.44 bits per heavy atom. The van der Waals surface area contributed by atoms with Crippen molar-refractivity contribution in [1.29, 1.82) is 0 Å². The lowest BCUT2D eigenvalue weighted by Gasteiger charge is -2.13. The molecule has 0 aliphatic carbocycles. The highest BCUT2D eigenvalue weighted by atomic mass is 32.1. The van der Waals surface area contributed by atoms with Crippen molar-refractivity contribution in [3.05, 3.63) is 10.6 Å². The molecule has 2 unspecified atom stereocenters. The Morgan fingerprint density at radius 2 is 2.00 bits per heavy atom. The maximum absolute atomic E-state index is 9.26. The lowest BCUT2D eigenvalue weighted by atomic mass is 10.0. The number of hydrogen-bond donors (Lipinski definition) is 1. The van der Waals surface area contributed by atoms with Crippen molar-refractivity contribution in [2.45, 2.75) is 33.8 Å². The van der Waals surface area contributed by atoms with Gasteiger partial charge in [0.05, 0.1) is 17.2 Å². The minimum Gasteiger partial charge on any atom is -0.391 e. The first kappa shape index (κ1) is 11.9. The molecule has 3 nitrogen and oxygen atoms in total. The summed E-state index contributed by atoms with van der Waals surface area (Å²) in [4.78, 5) is 8.03. The van der Waals surface area contributed by atoms with Crippen molar-refractivity contribution < 1.29 is 5.11 Å². The predicted octanol–water partition coefficient (Wildman–Crippen LogP) is 2.29. The Kier molecular flexibility index (Phi) is 3.50. The lowest BCUT2D eigenvalue weighted by Crippen LogP contribution is -2.19. The number of anilines is 1. The maximum Gasteiger partial charge on any atom is 0.185 e. The van der Waals surface area contributed by atoms with Crippen LogP contribution >= 0.6 is 11.3 Å². The summed E-state index contributed by atoms with van der Waals surface area (Å²) in [5.41, 5.74) is 1.06. The molecule has 4 heteroatoms. The maximum atomic E-state index is 9.26. The summed E-state index contributed by atoms with van der Waals surface area (Å²) < 4.78 is 0. The predicted molar refractivity (Wildman–Crippen MR) is 68.0 cm³/mol. The Bertz CT molecular complexity index is 332. The highest BCUT2D eigenvalue weighted by Crippen LogP contribution is 2.32. The molecule has 1 fully saturated rings. The fourth-order valence-electron chi connectivity index (χ4n) is 2.19. The van der Waals surface area contributed by atoms with Gasteiger partial charge in [0.1, 0.15) is 0 Å². The molecule has 1 saturated heterocycles. The van der Waals surface area contributed by atoms with Gasteiger partial charge >= 0.3 is 0 Å². The van der Waals surface area contributed by atoms with Gasteiger partial charge in [-0.25, -0.2) is 4.98 Å². The Labute approximate surface area is 101 Å². The van der Waals surface area contributed by atoms with E-state index in [1.807, 2.05) is 0 Å². The van der Waals surface area contributed by atoms with Gasteiger partial charge in [0.25, 0.3) is 0 Å². The molecule has 16 heavy (non-hydrogen) atoms. The van der Waals surface area contributed by atoms with Gasteiger partial charge in [-0.05, 0) is 18.3 Å². The van der Waals surface area contributed by atoms with Crippen molar-refractivity contribution in [1.82, 2.24) is 4.98 Å². The van der Waals surface area contributed by atoms with Gasteiger partial charge < -0.3 is 10.0 Å². The molecular formula is C12H20N2OS. The van der Waals surface area contributed by atoms with E-state index in [2.05, 4.69) is 30.7 Å². The summed E-state index contributed by atoms with van der Waals surface area (Å²) in [6.07, 6.45) is 0.908. The van der Waals surface area contributed by atoms with E-state index in [1.165, 1.54) is 0 Å². The van der Waals surface area contributed by atoms with Gasteiger partial charge in [-0.1, -0.05) is 32.1 Å². The first-order valence-corrected chi connectivity index (χ1v) is 6.81. The Morgan fingerprint density at radius 1 is 1.38 bits per heavy atom. The highest BCUT2D eigenvalue weighted by molar-refractivity contribution is 7.15. The van der Waals surface area contributed by atoms with Crippen LogP contribution in [0.25, 0.3) is 0 Å². The quantitative estimate of drug-likeness (QED) is 0.880. The smallest absolute Gasteiger partial charge is 0.185 e. The molecule has 1 aromatic heterocycles. The van der Waals surface area contributed by atoms with E-state index in [0.717, 1.165) is 47.0 Å². The minimum atomic E-state index is 0.125. The van der Waals surface area contributed by atoms with Crippen molar-refractivity contribution in [3.8, 4) is 0 Å². The van der Waals surface area contributed by atoms with E-state index >= 15 is 0 Å². The molecule has 0 radical (unpaired) electrons. The third-order valence-corrected chi connectivity index (χ3v) is 4.65. The zero-order chi connectivity index (χ0) is 11.7. The molecule has 2 rings (SSSR count). The van der Waals surface area contributed by atoms with Gasteiger partial charge in [0.2, 0.25) is 0 Å². The van der Waals surface area contributed by atoms with E-state index in [9.17, 15) is 5.11 Å². The molecule has 1 aliphatic rings. The summed E-state index contributed by atoms with van der Waals surface area (Å²) in [6.45, 7) is 9.01. The molecule has 1 aliphatic heterocycles. The third kappa shape index (κ3) is 2.09. The average molecular weight is 240 g/mol. The van der Waals surface area contributed by atoms with Crippen LogP contribution in [0, 0.1) is 11.8 Å². The van der Waals surface area contributed by atoms with Crippen molar-refractivity contribution >= 4 is 16.5 Å². The van der Waals surface area contributed by atoms with Crippen LogP contribution in [0.3, 0.4) is 0 Å². The summed E-state index contributed by atoms with van der Waals surface area (Å²) in [7, 11) is 0. The van der Waals surface area contributed by atoms with Crippen molar-refractivity contribution in [2.24, 2.45) is 11.8 Å². The number of hydrogen-bond acceptors (Lipinski definition) is 4. The SMILES string of the molecule is CCc1nc(N2CC(C)C(C)C2)sc1CO. The minimum absolute atomic E-state index is 0.125. The third-order valence-electron chi connectivity index (χ3n) is 3.50. The monoisotopic (exact) mass is 240 g/mol. The van der Waals surface area contributed by atoms with E-state index in [1.54, 1.807) is 11.3 Å². The van der Waals surface area contributed by atoms with E-state index < -0.39 is 0 Å². The van der Waals surface area contributed by atoms with Gasteiger partial charge in [-0.15, -0.1) is 0 Å². The van der Waals surface area contributed by atoms with E-state index in [4.69, 9.17) is 0 Å².